The average Bonchev–Trinajstić information content (AvgIpc) is 2.60. The molecule has 2 rings (SSSR count). The van der Waals surface area contributed by atoms with Gasteiger partial charge in [0.15, 0.2) is 0 Å². The summed E-state index contributed by atoms with van der Waals surface area (Å²) >= 11 is 0. The van der Waals surface area contributed by atoms with E-state index in [1.165, 1.54) is 4.90 Å². The van der Waals surface area contributed by atoms with Gasteiger partial charge in [-0.1, -0.05) is 30.3 Å². The molecule has 1 atom stereocenters. The fraction of sp³-hybridized carbons (Fsp3) is 0.526. The minimum atomic E-state index is -0.876. The Kier molecular flexibility index (Phi) is 6.23. The smallest absolute Gasteiger partial charge is 0.410 e. The van der Waals surface area contributed by atoms with Gasteiger partial charge in [0, 0.05) is 19.6 Å². The first-order valence-electron chi connectivity index (χ1n) is 8.73. The van der Waals surface area contributed by atoms with Crippen molar-refractivity contribution in [1.82, 2.24) is 9.80 Å². The Balaban J connectivity index is 2.22. The van der Waals surface area contributed by atoms with Gasteiger partial charge in [0.05, 0.1) is 12.6 Å². The Morgan fingerprint density at radius 2 is 1.77 bits per heavy atom. The van der Waals surface area contributed by atoms with Gasteiger partial charge in [-0.25, -0.2) is 9.59 Å². The first-order chi connectivity index (χ1) is 12.2. The van der Waals surface area contributed by atoms with Gasteiger partial charge in [-0.15, -0.1) is 0 Å². The number of esters is 1. The van der Waals surface area contributed by atoms with Crippen molar-refractivity contribution in [3.63, 3.8) is 0 Å². The fourth-order valence-electron chi connectivity index (χ4n) is 2.79. The third-order valence-corrected chi connectivity index (χ3v) is 3.93. The summed E-state index contributed by atoms with van der Waals surface area (Å²) in [6, 6.07) is 8.89. The molecule has 0 aliphatic carbocycles. The van der Waals surface area contributed by atoms with Crippen LogP contribution in [-0.2, 0) is 19.1 Å². The minimum absolute atomic E-state index is 0.137. The standard InChI is InChI=1S/C19H26N2O5/c1-5-25-17(23)16(22)21-12-11-20(18(24)26-19(2,3)4)13-15(21)14-9-7-6-8-10-14/h6-10,15H,5,11-13H2,1-4H3/t15-/m1/s1. The van der Waals surface area contributed by atoms with Gasteiger partial charge in [-0.3, -0.25) is 4.79 Å². The average molecular weight is 362 g/mol. The van der Waals surface area contributed by atoms with Crippen LogP contribution in [0, 0.1) is 0 Å². The fourth-order valence-corrected chi connectivity index (χ4v) is 2.79. The maximum Gasteiger partial charge on any atom is 0.410 e. The second kappa shape index (κ2) is 8.21. The summed E-state index contributed by atoms with van der Waals surface area (Å²) in [5.41, 5.74) is 0.246. The van der Waals surface area contributed by atoms with Crippen molar-refractivity contribution in [2.45, 2.75) is 39.3 Å². The number of piperazine rings is 1. The Bertz CT molecular complexity index is 654. The van der Waals surface area contributed by atoms with Crippen LogP contribution in [-0.4, -0.2) is 59.6 Å². The molecule has 0 aromatic heterocycles. The molecule has 1 fully saturated rings. The Hall–Kier alpha value is -2.57. The van der Waals surface area contributed by atoms with Crippen LogP contribution in [0.5, 0.6) is 0 Å². The molecule has 1 aromatic carbocycles. The predicted molar refractivity (Wildman–Crippen MR) is 95.3 cm³/mol. The first-order valence-corrected chi connectivity index (χ1v) is 8.73. The molecule has 0 unspecified atom stereocenters. The van der Waals surface area contributed by atoms with Gasteiger partial charge >= 0.3 is 18.0 Å². The van der Waals surface area contributed by atoms with E-state index in [0.717, 1.165) is 5.56 Å². The largest absolute Gasteiger partial charge is 0.459 e. The summed E-state index contributed by atoms with van der Waals surface area (Å²) in [6.45, 7) is 7.99. The molecule has 142 valence electrons. The third kappa shape index (κ3) is 4.97. The zero-order valence-electron chi connectivity index (χ0n) is 15.7. The van der Waals surface area contributed by atoms with Crippen LogP contribution in [0.3, 0.4) is 0 Å². The van der Waals surface area contributed by atoms with Crippen LogP contribution in [0.2, 0.25) is 0 Å². The summed E-state index contributed by atoms with van der Waals surface area (Å²) in [4.78, 5) is 39.8. The maximum absolute atomic E-state index is 12.5. The van der Waals surface area contributed by atoms with E-state index in [2.05, 4.69) is 0 Å². The van der Waals surface area contributed by atoms with E-state index < -0.39 is 29.6 Å². The lowest BCUT2D eigenvalue weighted by Gasteiger charge is -2.41. The molecule has 0 bridgehead atoms. The Morgan fingerprint density at radius 1 is 1.12 bits per heavy atom. The zero-order chi connectivity index (χ0) is 19.3. The molecule has 1 aliphatic heterocycles. The van der Waals surface area contributed by atoms with E-state index in [1.54, 1.807) is 32.6 Å². The van der Waals surface area contributed by atoms with E-state index in [-0.39, 0.29) is 19.7 Å². The number of benzene rings is 1. The second-order valence-corrected chi connectivity index (χ2v) is 7.07. The molecule has 26 heavy (non-hydrogen) atoms. The lowest BCUT2D eigenvalue weighted by atomic mass is 10.0. The predicted octanol–water partition coefficient (Wildman–Crippen LogP) is 2.37. The molecule has 0 saturated carbocycles. The summed E-state index contributed by atoms with van der Waals surface area (Å²) in [6.07, 6.45) is -0.429. The zero-order valence-corrected chi connectivity index (χ0v) is 15.7. The Labute approximate surface area is 153 Å². The van der Waals surface area contributed by atoms with Crippen molar-refractivity contribution in [3.05, 3.63) is 35.9 Å². The van der Waals surface area contributed by atoms with Crippen molar-refractivity contribution in [3.8, 4) is 0 Å². The third-order valence-electron chi connectivity index (χ3n) is 3.93. The molecule has 1 saturated heterocycles. The van der Waals surface area contributed by atoms with E-state index in [1.807, 2.05) is 30.3 Å². The van der Waals surface area contributed by atoms with Crippen LogP contribution in [0.4, 0.5) is 4.79 Å². The van der Waals surface area contributed by atoms with Crippen molar-refractivity contribution in [2.75, 3.05) is 26.2 Å². The molecule has 0 N–H and O–H groups in total. The molecule has 7 nitrogen and oxygen atoms in total. The number of ether oxygens (including phenoxy) is 2. The second-order valence-electron chi connectivity index (χ2n) is 7.07. The van der Waals surface area contributed by atoms with Gasteiger partial charge in [0.25, 0.3) is 0 Å². The highest BCUT2D eigenvalue weighted by Crippen LogP contribution is 2.27. The summed E-state index contributed by atoms with van der Waals surface area (Å²) in [7, 11) is 0. The van der Waals surface area contributed by atoms with Crippen LogP contribution < -0.4 is 0 Å². The van der Waals surface area contributed by atoms with E-state index in [4.69, 9.17) is 9.47 Å². The van der Waals surface area contributed by atoms with Gasteiger partial charge in [-0.2, -0.15) is 0 Å². The van der Waals surface area contributed by atoms with E-state index in [0.29, 0.717) is 6.54 Å². The summed E-state index contributed by atoms with van der Waals surface area (Å²) < 4.78 is 10.3. The highest BCUT2D eigenvalue weighted by atomic mass is 16.6. The number of rotatable bonds is 2. The van der Waals surface area contributed by atoms with Crippen molar-refractivity contribution < 1.29 is 23.9 Å². The molecule has 1 aromatic rings. The molecule has 7 heteroatoms. The normalized spacial score (nSPS) is 17.6. The molecule has 2 amide bonds. The highest BCUT2D eigenvalue weighted by Gasteiger charge is 2.37. The number of hydrogen-bond acceptors (Lipinski definition) is 5. The minimum Gasteiger partial charge on any atom is -0.459 e. The lowest BCUT2D eigenvalue weighted by molar-refractivity contribution is -0.162. The van der Waals surface area contributed by atoms with Crippen LogP contribution >= 0.6 is 0 Å². The molecule has 0 radical (unpaired) electrons. The van der Waals surface area contributed by atoms with Gasteiger partial charge in [0.2, 0.25) is 0 Å². The molecular formula is C19H26N2O5. The first kappa shape index (κ1) is 19.8. The van der Waals surface area contributed by atoms with Crippen LogP contribution in [0.1, 0.15) is 39.3 Å². The van der Waals surface area contributed by atoms with Gasteiger partial charge in [0.1, 0.15) is 5.60 Å². The molecule has 1 heterocycles. The Morgan fingerprint density at radius 3 is 2.35 bits per heavy atom. The topological polar surface area (TPSA) is 76.2 Å². The van der Waals surface area contributed by atoms with Crippen molar-refractivity contribution in [2.24, 2.45) is 0 Å². The van der Waals surface area contributed by atoms with Gasteiger partial charge < -0.3 is 19.3 Å². The SMILES string of the molecule is CCOC(=O)C(=O)N1CCN(C(=O)OC(C)(C)C)C[C@@H]1c1ccccc1. The van der Waals surface area contributed by atoms with Gasteiger partial charge in [-0.05, 0) is 33.3 Å². The van der Waals surface area contributed by atoms with Crippen LogP contribution in [0.25, 0.3) is 0 Å². The van der Waals surface area contributed by atoms with E-state index in [9.17, 15) is 14.4 Å². The number of hydrogen-bond donors (Lipinski definition) is 0. The monoisotopic (exact) mass is 362 g/mol. The quantitative estimate of drug-likeness (QED) is 0.596. The molecule has 1 aliphatic rings. The van der Waals surface area contributed by atoms with Crippen molar-refractivity contribution in [1.29, 1.82) is 0 Å². The molecular weight excluding hydrogens is 336 g/mol. The highest BCUT2D eigenvalue weighted by molar-refractivity contribution is 6.32. The number of carbonyl (C=O) groups excluding carboxylic acids is 3. The number of carbonyl (C=O) groups is 3. The van der Waals surface area contributed by atoms with E-state index >= 15 is 0 Å². The molecule has 0 spiro atoms. The van der Waals surface area contributed by atoms with Crippen molar-refractivity contribution >= 4 is 18.0 Å². The summed E-state index contributed by atoms with van der Waals surface area (Å²) in [5.74, 6) is -1.57. The summed E-state index contributed by atoms with van der Waals surface area (Å²) in [5, 5.41) is 0. The number of amides is 2. The van der Waals surface area contributed by atoms with Crippen LogP contribution in [0.15, 0.2) is 30.3 Å². The lowest BCUT2D eigenvalue weighted by Crippen LogP contribution is -2.54. The maximum atomic E-state index is 12.5. The number of nitrogens with zero attached hydrogens (tertiary/aromatic N) is 2.